The fourth-order valence-corrected chi connectivity index (χ4v) is 1.55. The minimum Gasteiger partial charge on any atom is -0.491 e. The van der Waals surface area contributed by atoms with Crippen molar-refractivity contribution in [2.45, 2.75) is 32.9 Å². The Morgan fingerprint density at radius 1 is 1.35 bits per heavy atom. The number of aryl methyl sites for hydroxylation is 1. The molecule has 2 atom stereocenters. The van der Waals surface area contributed by atoms with Crippen LogP contribution in [-0.2, 0) is 9.53 Å². The Labute approximate surface area is 119 Å². The first-order valence-electron chi connectivity index (χ1n) is 6.80. The summed E-state index contributed by atoms with van der Waals surface area (Å²) in [5.41, 5.74) is 1.16. The van der Waals surface area contributed by atoms with Crippen molar-refractivity contribution in [1.82, 2.24) is 5.32 Å². The van der Waals surface area contributed by atoms with Crippen LogP contribution in [0.2, 0.25) is 0 Å². The molecule has 5 nitrogen and oxygen atoms in total. The van der Waals surface area contributed by atoms with Gasteiger partial charge in [0.05, 0.1) is 6.61 Å². The molecule has 1 aromatic rings. The Hall–Kier alpha value is -1.59. The monoisotopic (exact) mass is 281 g/mol. The van der Waals surface area contributed by atoms with Crippen molar-refractivity contribution >= 4 is 5.97 Å². The zero-order chi connectivity index (χ0) is 15.0. The van der Waals surface area contributed by atoms with Crippen molar-refractivity contribution in [1.29, 1.82) is 0 Å². The van der Waals surface area contributed by atoms with Crippen LogP contribution < -0.4 is 10.1 Å². The molecule has 0 aliphatic carbocycles. The Morgan fingerprint density at radius 2 is 2.00 bits per heavy atom. The summed E-state index contributed by atoms with van der Waals surface area (Å²) < 4.78 is 10.3. The molecule has 0 saturated heterocycles. The van der Waals surface area contributed by atoms with E-state index in [2.05, 4.69) is 5.32 Å². The van der Waals surface area contributed by atoms with E-state index in [1.54, 1.807) is 13.8 Å². The van der Waals surface area contributed by atoms with Gasteiger partial charge in [0.15, 0.2) is 0 Å². The van der Waals surface area contributed by atoms with Crippen LogP contribution in [0.15, 0.2) is 24.3 Å². The van der Waals surface area contributed by atoms with Gasteiger partial charge in [-0.05, 0) is 32.9 Å². The molecule has 2 N–H and O–H groups in total. The quantitative estimate of drug-likeness (QED) is 0.703. The van der Waals surface area contributed by atoms with E-state index in [9.17, 15) is 9.90 Å². The average Bonchev–Trinajstić information content (AvgIpc) is 2.44. The highest BCUT2D eigenvalue weighted by atomic mass is 16.5. The van der Waals surface area contributed by atoms with Gasteiger partial charge >= 0.3 is 5.97 Å². The molecule has 0 aromatic heterocycles. The molecule has 2 unspecified atom stereocenters. The lowest BCUT2D eigenvalue weighted by Gasteiger charge is -2.16. The number of hydrogen-bond acceptors (Lipinski definition) is 5. The molecule has 112 valence electrons. The van der Waals surface area contributed by atoms with Crippen LogP contribution in [0.5, 0.6) is 5.75 Å². The standard InChI is InChI=1S/C15H23NO4/c1-4-19-15(18)12(3)16-9-13(17)10-20-14-7-5-11(2)6-8-14/h5-8,12-13,16-17H,4,9-10H2,1-3H3. The van der Waals surface area contributed by atoms with Crippen LogP contribution in [0.4, 0.5) is 0 Å². The first-order chi connectivity index (χ1) is 9.52. The molecule has 0 spiro atoms. The van der Waals surface area contributed by atoms with E-state index in [4.69, 9.17) is 9.47 Å². The van der Waals surface area contributed by atoms with Crippen LogP contribution in [0.25, 0.3) is 0 Å². The smallest absolute Gasteiger partial charge is 0.322 e. The van der Waals surface area contributed by atoms with Gasteiger partial charge in [-0.1, -0.05) is 17.7 Å². The largest absolute Gasteiger partial charge is 0.491 e. The summed E-state index contributed by atoms with van der Waals surface area (Å²) in [6, 6.07) is 7.17. The maximum absolute atomic E-state index is 11.4. The van der Waals surface area contributed by atoms with Crippen molar-refractivity contribution in [2.24, 2.45) is 0 Å². The summed E-state index contributed by atoms with van der Waals surface area (Å²) in [6.07, 6.45) is -0.687. The second-order valence-electron chi connectivity index (χ2n) is 4.66. The molecule has 5 heteroatoms. The van der Waals surface area contributed by atoms with Crippen molar-refractivity contribution in [2.75, 3.05) is 19.8 Å². The van der Waals surface area contributed by atoms with E-state index < -0.39 is 12.1 Å². The maximum Gasteiger partial charge on any atom is 0.322 e. The average molecular weight is 281 g/mol. The molecule has 1 aromatic carbocycles. The number of nitrogens with one attached hydrogen (secondary N) is 1. The third-order valence-electron chi connectivity index (χ3n) is 2.76. The van der Waals surface area contributed by atoms with Crippen LogP contribution in [0, 0.1) is 6.92 Å². The number of aliphatic hydroxyl groups is 1. The zero-order valence-corrected chi connectivity index (χ0v) is 12.3. The second-order valence-corrected chi connectivity index (χ2v) is 4.66. The van der Waals surface area contributed by atoms with Gasteiger partial charge in [0.2, 0.25) is 0 Å². The lowest BCUT2D eigenvalue weighted by atomic mass is 10.2. The predicted molar refractivity (Wildman–Crippen MR) is 76.8 cm³/mol. The molecule has 0 fully saturated rings. The summed E-state index contributed by atoms with van der Waals surface area (Å²) in [5.74, 6) is 0.396. The van der Waals surface area contributed by atoms with Crippen LogP contribution in [0.1, 0.15) is 19.4 Å². The highest BCUT2D eigenvalue weighted by Crippen LogP contribution is 2.11. The fourth-order valence-electron chi connectivity index (χ4n) is 1.55. The molecular weight excluding hydrogens is 258 g/mol. The number of esters is 1. The number of carbonyl (C=O) groups excluding carboxylic acids is 1. The molecule has 0 heterocycles. The Balaban J connectivity index is 2.24. The number of aliphatic hydroxyl groups excluding tert-OH is 1. The second kappa shape index (κ2) is 8.55. The van der Waals surface area contributed by atoms with Gasteiger partial charge in [0, 0.05) is 6.54 Å². The van der Waals surface area contributed by atoms with Crippen molar-refractivity contribution in [3.8, 4) is 5.75 Å². The minimum atomic E-state index is -0.687. The predicted octanol–water partition coefficient (Wildman–Crippen LogP) is 1.28. The van der Waals surface area contributed by atoms with E-state index >= 15 is 0 Å². The highest BCUT2D eigenvalue weighted by molar-refractivity contribution is 5.75. The minimum absolute atomic E-state index is 0.172. The zero-order valence-electron chi connectivity index (χ0n) is 12.3. The maximum atomic E-state index is 11.4. The number of rotatable bonds is 8. The molecule has 0 aliphatic rings. The molecule has 0 bridgehead atoms. The Bertz CT molecular complexity index is 405. The fraction of sp³-hybridized carbons (Fsp3) is 0.533. The topological polar surface area (TPSA) is 67.8 Å². The van der Waals surface area contributed by atoms with Gasteiger partial charge in [-0.3, -0.25) is 4.79 Å². The van der Waals surface area contributed by atoms with Crippen LogP contribution >= 0.6 is 0 Å². The van der Waals surface area contributed by atoms with E-state index in [0.29, 0.717) is 12.4 Å². The van der Waals surface area contributed by atoms with Crippen LogP contribution in [0.3, 0.4) is 0 Å². The molecule has 0 aliphatic heterocycles. The number of hydrogen-bond donors (Lipinski definition) is 2. The van der Waals surface area contributed by atoms with Crippen molar-refractivity contribution in [3.63, 3.8) is 0 Å². The number of benzene rings is 1. The summed E-state index contributed by atoms with van der Waals surface area (Å²) in [7, 11) is 0. The summed E-state index contributed by atoms with van der Waals surface area (Å²) >= 11 is 0. The van der Waals surface area contributed by atoms with Crippen LogP contribution in [-0.4, -0.2) is 43.0 Å². The van der Waals surface area contributed by atoms with Gasteiger partial charge in [0.1, 0.15) is 24.5 Å². The molecule has 0 amide bonds. The summed E-state index contributed by atoms with van der Waals surface area (Å²) in [5, 5.41) is 12.7. The molecule has 20 heavy (non-hydrogen) atoms. The Morgan fingerprint density at radius 3 is 2.60 bits per heavy atom. The molecular formula is C15H23NO4. The van der Waals surface area contributed by atoms with Gasteiger partial charge in [0.25, 0.3) is 0 Å². The molecule has 0 radical (unpaired) electrons. The van der Waals surface area contributed by atoms with E-state index in [0.717, 1.165) is 5.56 Å². The third kappa shape index (κ3) is 6.04. The van der Waals surface area contributed by atoms with Gasteiger partial charge in [-0.25, -0.2) is 0 Å². The summed E-state index contributed by atoms with van der Waals surface area (Å²) in [4.78, 5) is 11.4. The van der Waals surface area contributed by atoms with E-state index in [1.807, 2.05) is 31.2 Å². The van der Waals surface area contributed by atoms with E-state index in [1.165, 1.54) is 0 Å². The number of ether oxygens (including phenoxy) is 2. The van der Waals surface area contributed by atoms with Gasteiger partial charge in [-0.2, -0.15) is 0 Å². The van der Waals surface area contributed by atoms with Gasteiger partial charge in [-0.15, -0.1) is 0 Å². The highest BCUT2D eigenvalue weighted by Gasteiger charge is 2.15. The SMILES string of the molecule is CCOC(=O)C(C)NCC(O)COc1ccc(C)cc1. The number of carbonyl (C=O) groups is 1. The first kappa shape index (κ1) is 16.5. The lowest BCUT2D eigenvalue weighted by Crippen LogP contribution is -2.41. The van der Waals surface area contributed by atoms with E-state index in [-0.39, 0.29) is 19.1 Å². The summed E-state index contributed by atoms with van der Waals surface area (Å²) in [6.45, 7) is 6.25. The normalized spacial score (nSPS) is 13.6. The third-order valence-corrected chi connectivity index (χ3v) is 2.76. The van der Waals surface area contributed by atoms with Crippen molar-refractivity contribution in [3.05, 3.63) is 29.8 Å². The first-order valence-corrected chi connectivity index (χ1v) is 6.80. The Kier molecular flexibility index (Phi) is 7.04. The van der Waals surface area contributed by atoms with Gasteiger partial charge < -0.3 is 19.9 Å². The molecule has 0 saturated carbocycles. The lowest BCUT2D eigenvalue weighted by molar-refractivity contribution is -0.145. The molecule has 1 rings (SSSR count). The van der Waals surface area contributed by atoms with Crippen molar-refractivity contribution < 1.29 is 19.4 Å².